The molecule has 0 aliphatic heterocycles. The Hall–Kier alpha value is -0.740. The molecule has 0 heterocycles. The summed E-state index contributed by atoms with van der Waals surface area (Å²) in [7, 11) is 2.81. The fraction of sp³-hybridized carbons (Fsp3) is 0.833. The van der Waals surface area contributed by atoms with E-state index in [9.17, 15) is 9.59 Å². The molecule has 4 heteroatoms. The summed E-state index contributed by atoms with van der Waals surface area (Å²) < 4.78 is 9.81. The monoisotopic (exact) mass is 228 g/mol. The Morgan fingerprint density at radius 3 is 2.44 bits per heavy atom. The lowest BCUT2D eigenvalue weighted by Gasteiger charge is -2.33. The summed E-state index contributed by atoms with van der Waals surface area (Å²) in [5, 5.41) is 0. The smallest absolute Gasteiger partial charge is 0.218 e. The average molecular weight is 228 g/mol. The molecule has 92 valence electrons. The van der Waals surface area contributed by atoms with Crippen molar-refractivity contribution >= 4 is 11.6 Å². The molecule has 0 saturated heterocycles. The van der Waals surface area contributed by atoms with Crippen LogP contribution in [0.2, 0.25) is 0 Å². The van der Waals surface area contributed by atoms with Crippen molar-refractivity contribution in [1.82, 2.24) is 0 Å². The van der Waals surface area contributed by atoms with Gasteiger partial charge in [-0.25, -0.2) is 0 Å². The average Bonchev–Trinajstić information content (AvgIpc) is 2.23. The standard InChI is InChI=1S/C12H20O4/c1-12(2)7-5-6-8(10(12)14)9(13)11(15-3)16-4/h8,11H,5-7H2,1-4H3. The van der Waals surface area contributed by atoms with Crippen LogP contribution in [0.25, 0.3) is 0 Å². The van der Waals surface area contributed by atoms with Gasteiger partial charge in [-0.3, -0.25) is 9.59 Å². The Morgan fingerprint density at radius 1 is 1.38 bits per heavy atom. The van der Waals surface area contributed by atoms with E-state index in [4.69, 9.17) is 9.47 Å². The van der Waals surface area contributed by atoms with E-state index in [0.717, 1.165) is 12.8 Å². The van der Waals surface area contributed by atoms with Crippen LogP contribution in [-0.4, -0.2) is 32.1 Å². The SMILES string of the molecule is COC(OC)C(=O)C1CCCC(C)(C)C1=O. The minimum atomic E-state index is -0.914. The van der Waals surface area contributed by atoms with Crippen molar-refractivity contribution < 1.29 is 19.1 Å². The molecular formula is C12H20O4. The van der Waals surface area contributed by atoms with Crippen LogP contribution in [0.4, 0.5) is 0 Å². The van der Waals surface area contributed by atoms with Crippen LogP contribution < -0.4 is 0 Å². The summed E-state index contributed by atoms with van der Waals surface area (Å²) in [6.45, 7) is 3.78. The number of carbonyl (C=O) groups excluding carboxylic acids is 2. The van der Waals surface area contributed by atoms with Gasteiger partial charge in [-0.2, -0.15) is 0 Å². The molecule has 1 fully saturated rings. The molecule has 0 bridgehead atoms. The highest BCUT2D eigenvalue weighted by molar-refractivity contribution is 6.06. The maximum absolute atomic E-state index is 12.1. The van der Waals surface area contributed by atoms with E-state index in [1.54, 1.807) is 0 Å². The van der Waals surface area contributed by atoms with E-state index < -0.39 is 17.6 Å². The van der Waals surface area contributed by atoms with Crippen LogP contribution in [0.5, 0.6) is 0 Å². The minimum Gasteiger partial charge on any atom is -0.349 e. The number of methoxy groups -OCH3 is 2. The van der Waals surface area contributed by atoms with E-state index in [1.807, 2.05) is 13.8 Å². The molecule has 0 amide bonds. The summed E-state index contributed by atoms with van der Waals surface area (Å²) >= 11 is 0. The highest BCUT2D eigenvalue weighted by Crippen LogP contribution is 2.36. The third-order valence-electron chi connectivity index (χ3n) is 3.28. The lowest BCUT2D eigenvalue weighted by Crippen LogP contribution is -2.43. The molecule has 1 saturated carbocycles. The normalized spacial score (nSPS) is 24.8. The van der Waals surface area contributed by atoms with E-state index in [1.165, 1.54) is 14.2 Å². The summed E-state index contributed by atoms with van der Waals surface area (Å²) in [6.07, 6.45) is 1.45. The van der Waals surface area contributed by atoms with Gasteiger partial charge in [0.25, 0.3) is 0 Å². The zero-order valence-electron chi connectivity index (χ0n) is 10.4. The molecule has 0 aromatic rings. The van der Waals surface area contributed by atoms with Gasteiger partial charge in [0.05, 0.1) is 5.92 Å². The lowest BCUT2D eigenvalue weighted by molar-refractivity contribution is -0.165. The van der Waals surface area contributed by atoms with Gasteiger partial charge < -0.3 is 9.47 Å². The fourth-order valence-corrected chi connectivity index (χ4v) is 2.24. The molecule has 1 rings (SSSR count). The number of hydrogen-bond acceptors (Lipinski definition) is 4. The molecule has 0 spiro atoms. The van der Waals surface area contributed by atoms with E-state index in [0.29, 0.717) is 6.42 Å². The molecular weight excluding hydrogens is 208 g/mol. The van der Waals surface area contributed by atoms with E-state index in [-0.39, 0.29) is 11.6 Å². The van der Waals surface area contributed by atoms with Crippen LogP contribution in [0, 0.1) is 11.3 Å². The van der Waals surface area contributed by atoms with Crippen molar-refractivity contribution in [1.29, 1.82) is 0 Å². The molecule has 0 aromatic heterocycles. The van der Waals surface area contributed by atoms with Gasteiger partial charge in [0.15, 0.2) is 5.78 Å². The third kappa shape index (κ3) is 2.50. The second-order valence-corrected chi connectivity index (χ2v) is 4.90. The number of rotatable bonds is 4. The van der Waals surface area contributed by atoms with Crippen molar-refractivity contribution in [3.05, 3.63) is 0 Å². The molecule has 4 nitrogen and oxygen atoms in total. The van der Waals surface area contributed by atoms with Gasteiger partial charge in [0.2, 0.25) is 6.29 Å². The van der Waals surface area contributed by atoms with Gasteiger partial charge in [-0.1, -0.05) is 20.3 Å². The fourth-order valence-electron chi connectivity index (χ4n) is 2.24. The van der Waals surface area contributed by atoms with Gasteiger partial charge in [-0.15, -0.1) is 0 Å². The Labute approximate surface area is 96.3 Å². The number of carbonyl (C=O) groups is 2. The molecule has 0 aromatic carbocycles. The van der Waals surface area contributed by atoms with Crippen molar-refractivity contribution in [3.63, 3.8) is 0 Å². The van der Waals surface area contributed by atoms with Gasteiger partial charge in [0, 0.05) is 19.6 Å². The molecule has 0 N–H and O–H groups in total. The highest BCUT2D eigenvalue weighted by Gasteiger charge is 2.42. The zero-order chi connectivity index (χ0) is 12.3. The quantitative estimate of drug-likeness (QED) is 0.541. The Morgan fingerprint density at radius 2 is 1.94 bits per heavy atom. The first-order chi connectivity index (χ1) is 7.44. The second-order valence-electron chi connectivity index (χ2n) is 4.90. The number of ketones is 2. The maximum Gasteiger partial charge on any atom is 0.218 e. The number of Topliss-reactive ketones (excluding diaryl/α,β-unsaturated/α-hetero) is 2. The molecule has 1 aliphatic carbocycles. The van der Waals surface area contributed by atoms with Crippen molar-refractivity contribution in [2.24, 2.45) is 11.3 Å². The van der Waals surface area contributed by atoms with Crippen molar-refractivity contribution in [2.75, 3.05) is 14.2 Å². The zero-order valence-corrected chi connectivity index (χ0v) is 10.4. The van der Waals surface area contributed by atoms with Crippen LogP contribution >= 0.6 is 0 Å². The summed E-state index contributed by atoms with van der Waals surface area (Å²) in [5.74, 6) is -0.792. The first-order valence-electron chi connectivity index (χ1n) is 5.57. The van der Waals surface area contributed by atoms with Gasteiger partial charge >= 0.3 is 0 Å². The molecule has 0 radical (unpaired) electrons. The Kier molecular flexibility index (Phi) is 4.21. The predicted molar refractivity (Wildman–Crippen MR) is 58.9 cm³/mol. The van der Waals surface area contributed by atoms with Crippen LogP contribution in [0.15, 0.2) is 0 Å². The summed E-state index contributed by atoms with van der Waals surface area (Å²) in [4.78, 5) is 24.1. The van der Waals surface area contributed by atoms with Crippen LogP contribution in [-0.2, 0) is 19.1 Å². The van der Waals surface area contributed by atoms with Crippen LogP contribution in [0.3, 0.4) is 0 Å². The Bertz CT molecular complexity index is 279. The van der Waals surface area contributed by atoms with Crippen molar-refractivity contribution in [3.8, 4) is 0 Å². The number of hydrogen-bond donors (Lipinski definition) is 0. The third-order valence-corrected chi connectivity index (χ3v) is 3.28. The number of ether oxygens (including phenoxy) is 2. The highest BCUT2D eigenvalue weighted by atomic mass is 16.7. The van der Waals surface area contributed by atoms with Gasteiger partial charge in [0.1, 0.15) is 5.78 Å². The topological polar surface area (TPSA) is 52.6 Å². The molecule has 1 atom stereocenters. The molecule has 16 heavy (non-hydrogen) atoms. The molecule has 1 unspecified atom stereocenters. The molecule has 1 aliphatic rings. The summed E-state index contributed by atoms with van der Waals surface area (Å²) in [5.41, 5.74) is -0.398. The van der Waals surface area contributed by atoms with Gasteiger partial charge in [-0.05, 0) is 12.8 Å². The minimum absolute atomic E-state index is 0.0165. The first kappa shape index (κ1) is 13.3. The first-order valence-corrected chi connectivity index (χ1v) is 5.57. The van der Waals surface area contributed by atoms with Crippen LogP contribution in [0.1, 0.15) is 33.1 Å². The van der Waals surface area contributed by atoms with Crippen molar-refractivity contribution in [2.45, 2.75) is 39.4 Å². The maximum atomic E-state index is 12.1. The Balaban J connectivity index is 2.80. The second kappa shape index (κ2) is 5.06. The van der Waals surface area contributed by atoms with E-state index in [2.05, 4.69) is 0 Å². The summed E-state index contributed by atoms with van der Waals surface area (Å²) in [6, 6.07) is 0. The van der Waals surface area contributed by atoms with E-state index >= 15 is 0 Å². The lowest BCUT2D eigenvalue weighted by atomic mass is 9.69. The predicted octanol–water partition coefficient (Wildman–Crippen LogP) is 1.57. The largest absolute Gasteiger partial charge is 0.349 e.